The lowest BCUT2D eigenvalue weighted by atomic mass is 10.1. The number of aryl methyl sites for hydroxylation is 1. The van der Waals surface area contributed by atoms with Crippen LogP contribution in [0.25, 0.3) is 0 Å². The number of nitrogens with zero attached hydrogens (tertiary/aromatic N) is 3. The van der Waals surface area contributed by atoms with Gasteiger partial charge in [0.05, 0.1) is 39.6 Å². The molecule has 3 fully saturated rings. The fraction of sp³-hybridized carbons (Fsp3) is 0.471. The minimum Gasteiger partial charge on any atom is -0.379 e. The Morgan fingerprint density at radius 2 is 0.956 bits per heavy atom. The highest BCUT2D eigenvalue weighted by Gasteiger charge is 2.14. The second kappa shape index (κ2) is 19.8. The summed E-state index contributed by atoms with van der Waals surface area (Å²) in [5.74, 6) is -0.143. The van der Waals surface area contributed by atoms with Crippen LogP contribution in [0.4, 0.5) is 4.39 Å². The van der Waals surface area contributed by atoms with Crippen molar-refractivity contribution >= 4 is 59.4 Å². The summed E-state index contributed by atoms with van der Waals surface area (Å²) in [6, 6.07) is 17.7. The fourth-order valence-corrected chi connectivity index (χ4v) is 6.68. The number of hydrogen-bond donors (Lipinski definition) is 0. The van der Waals surface area contributed by atoms with Crippen LogP contribution in [0.15, 0.2) is 68.0 Å². The van der Waals surface area contributed by atoms with E-state index < -0.39 is 0 Å². The highest BCUT2D eigenvalue weighted by Crippen LogP contribution is 2.23. The summed E-state index contributed by atoms with van der Waals surface area (Å²) in [6.45, 7) is 15.5. The third kappa shape index (κ3) is 13.2. The average molecular weight is 835 g/mol. The molecule has 0 amide bonds. The molecular formula is C34H42Br3ClFN3O3. The van der Waals surface area contributed by atoms with E-state index in [9.17, 15) is 4.39 Å². The fourth-order valence-electron chi connectivity index (χ4n) is 5.14. The van der Waals surface area contributed by atoms with Gasteiger partial charge in [0.25, 0.3) is 0 Å². The van der Waals surface area contributed by atoms with Crippen molar-refractivity contribution in [3.8, 4) is 0 Å². The van der Waals surface area contributed by atoms with Gasteiger partial charge in [-0.2, -0.15) is 0 Å². The van der Waals surface area contributed by atoms with E-state index >= 15 is 0 Å². The summed E-state index contributed by atoms with van der Waals surface area (Å²) < 4.78 is 32.4. The van der Waals surface area contributed by atoms with Crippen molar-refractivity contribution in [1.29, 1.82) is 0 Å². The van der Waals surface area contributed by atoms with Crippen LogP contribution in [-0.4, -0.2) is 93.6 Å². The Morgan fingerprint density at radius 1 is 0.578 bits per heavy atom. The Kier molecular flexibility index (Phi) is 16.2. The first-order valence-electron chi connectivity index (χ1n) is 15.3. The molecule has 0 aromatic heterocycles. The van der Waals surface area contributed by atoms with Crippen LogP contribution < -0.4 is 0 Å². The van der Waals surface area contributed by atoms with E-state index in [0.29, 0.717) is 6.54 Å². The van der Waals surface area contributed by atoms with Gasteiger partial charge in [0, 0.05) is 82.9 Å². The van der Waals surface area contributed by atoms with Crippen molar-refractivity contribution in [2.45, 2.75) is 26.6 Å². The molecule has 0 spiro atoms. The van der Waals surface area contributed by atoms with Gasteiger partial charge in [-0.15, -0.1) is 0 Å². The first kappa shape index (κ1) is 36.9. The van der Waals surface area contributed by atoms with Crippen molar-refractivity contribution in [2.24, 2.45) is 0 Å². The molecule has 3 aliphatic heterocycles. The van der Waals surface area contributed by atoms with Crippen molar-refractivity contribution < 1.29 is 18.6 Å². The number of benzene rings is 3. The molecule has 3 aliphatic rings. The van der Waals surface area contributed by atoms with E-state index in [4.69, 9.17) is 25.8 Å². The van der Waals surface area contributed by atoms with Crippen LogP contribution in [-0.2, 0) is 33.8 Å². The van der Waals surface area contributed by atoms with E-state index in [1.165, 1.54) is 22.8 Å². The van der Waals surface area contributed by atoms with Gasteiger partial charge in [0.1, 0.15) is 5.82 Å². The van der Waals surface area contributed by atoms with Gasteiger partial charge in [-0.25, -0.2) is 4.39 Å². The summed E-state index contributed by atoms with van der Waals surface area (Å²) in [5, 5.41) is 0.830. The Morgan fingerprint density at radius 3 is 1.40 bits per heavy atom. The smallest absolute Gasteiger partial charge is 0.128 e. The Labute approximate surface area is 297 Å². The molecule has 11 heteroatoms. The number of morpholine rings is 3. The lowest BCUT2D eigenvalue weighted by molar-refractivity contribution is 0.0337. The molecule has 3 aromatic rings. The summed E-state index contributed by atoms with van der Waals surface area (Å²) in [5.41, 5.74) is 4.71. The molecule has 0 unspecified atom stereocenters. The highest BCUT2D eigenvalue weighted by molar-refractivity contribution is 9.11. The predicted molar refractivity (Wildman–Crippen MR) is 190 cm³/mol. The summed E-state index contributed by atoms with van der Waals surface area (Å²) in [7, 11) is 0. The SMILES string of the molecule is Cc1cc(Br)ccc1CN1CCOCC1.Clc1cc(Br)ccc1CN1CCOCC1.Fc1cc(Br)ccc1CN1CCOCC1. The topological polar surface area (TPSA) is 37.4 Å². The predicted octanol–water partition coefficient (Wildman–Crippen LogP) is 7.94. The molecule has 0 N–H and O–H groups in total. The second-order valence-electron chi connectivity index (χ2n) is 11.2. The minimum atomic E-state index is -0.143. The van der Waals surface area contributed by atoms with Crippen molar-refractivity contribution in [1.82, 2.24) is 14.7 Å². The van der Waals surface area contributed by atoms with Crippen LogP contribution in [0, 0.1) is 12.7 Å². The molecule has 3 saturated heterocycles. The maximum absolute atomic E-state index is 13.5. The molecule has 3 heterocycles. The van der Waals surface area contributed by atoms with E-state index in [0.717, 1.165) is 116 Å². The Hall–Kier alpha value is -0.920. The molecule has 3 aromatic carbocycles. The number of hydrogen-bond acceptors (Lipinski definition) is 6. The first-order chi connectivity index (χ1) is 21.8. The molecule has 0 saturated carbocycles. The van der Waals surface area contributed by atoms with E-state index in [2.05, 4.69) is 93.7 Å². The van der Waals surface area contributed by atoms with E-state index in [1.54, 1.807) is 0 Å². The van der Waals surface area contributed by atoms with Gasteiger partial charge in [0.2, 0.25) is 0 Å². The highest BCUT2D eigenvalue weighted by atomic mass is 79.9. The summed E-state index contributed by atoms with van der Waals surface area (Å²) in [4.78, 5) is 7.01. The zero-order valence-electron chi connectivity index (χ0n) is 25.8. The third-order valence-corrected chi connectivity index (χ3v) is 9.66. The van der Waals surface area contributed by atoms with Crippen molar-refractivity contribution in [3.05, 3.63) is 101 Å². The zero-order chi connectivity index (χ0) is 32.0. The van der Waals surface area contributed by atoms with Gasteiger partial charge >= 0.3 is 0 Å². The molecule has 6 nitrogen and oxygen atoms in total. The summed E-state index contributed by atoms with van der Waals surface area (Å²) >= 11 is 16.3. The molecule has 0 aliphatic carbocycles. The van der Waals surface area contributed by atoms with Crippen molar-refractivity contribution in [3.63, 3.8) is 0 Å². The first-order valence-corrected chi connectivity index (χ1v) is 18.1. The van der Waals surface area contributed by atoms with Crippen LogP contribution in [0.5, 0.6) is 0 Å². The van der Waals surface area contributed by atoms with E-state index in [-0.39, 0.29) is 5.82 Å². The van der Waals surface area contributed by atoms with Gasteiger partial charge in [-0.3, -0.25) is 14.7 Å². The molecule has 0 atom stereocenters. The van der Waals surface area contributed by atoms with Gasteiger partial charge in [0.15, 0.2) is 0 Å². The van der Waals surface area contributed by atoms with Crippen LogP contribution in [0.1, 0.15) is 22.3 Å². The van der Waals surface area contributed by atoms with Gasteiger partial charge < -0.3 is 14.2 Å². The van der Waals surface area contributed by atoms with Crippen LogP contribution in [0.2, 0.25) is 5.02 Å². The second-order valence-corrected chi connectivity index (χ2v) is 14.4. The normalized spacial score (nSPS) is 18.0. The average Bonchev–Trinajstić information content (AvgIpc) is 3.04. The van der Waals surface area contributed by atoms with Gasteiger partial charge in [-0.1, -0.05) is 77.6 Å². The monoisotopic (exact) mass is 831 g/mol. The Bertz CT molecular complexity index is 1180. The number of ether oxygens (including phenoxy) is 3. The standard InChI is InChI=1S/C12H16BrNO.C11H13BrClNO.C11H13BrFNO/c1-10-8-12(13)3-2-11(10)9-14-4-6-15-7-5-14;2*12-10-2-1-9(11(13)7-10)8-14-3-5-15-6-4-14/h2-3,8H,4-7,9H2,1H3;2*1-2,7H,3-6,8H2. The zero-order valence-corrected chi connectivity index (χ0v) is 31.3. The van der Waals surface area contributed by atoms with Crippen LogP contribution >= 0.6 is 59.4 Å². The number of halogens is 5. The molecule has 6 rings (SSSR count). The molecule has 45 heavy (non-hydrogen) atoms. The molecular weight excluding hydrogens is 793 g/mol. The molecule has 246 valence electrons. The minimum absolute atomic E-state index is 0.143. The molecule has 0 radical (unpaired) electrons. The quantitative estimate of drug-likeness (QED) is 0.251. The van der Waals surface area contributed by atoms with Crippen molar-refractivity contribution in [2.75, 3.05) is 78.9 Å². The van der Waals surface area contributed by atoms with Gasteiger partial charge in [-0.05, 0) is 60.0 Å². The molecule has 0 bridgehead atoms. The Balaban J connectivity index is 0.000000154. The lowest BCUT2D eigenvalue weighted by Crippen LogP contribution is -2.35. The lowest BCUT2D eigenvalue weighted by Gasteiger charge is -2.27. The number of rotatable bonds is 6. The third-order valence-electron chi connectivity index (χ3n) is 7.83. The van der Waals surface area contributed by atoms with E-state index in [1.807, 2.05) is 24.3 Å². The largest absolute Gasteiger partial charge is 0.379 e. The maximum Gasteiger partial charge on any atom is 0.128 e. The summed E-state index contributed by atoms with van der Waals surface area (Å²) in [6.07, 6.45) is 0. The van der Waals surface area contributed by atoms with Crippen LogP contribution in [0.3, 0.4) is 0 Å². The maximum atomic E-state index is 13.5.